The van der Waals surface area contributed by atoms with Gasteiger partial charge in [-0.25, -0.2) is 8.42 Å². The number of sulfonamides is 1. The van der Waals surface area contributed by atoms with E-state index in [1.54, 1.807) is 0 Å². The van der Waals surface area contributed by atoms with E-state index in [1.165, 1.54) is 38.0 Å². The van der Waals surface area contributed by atoms with Crippen LogP contribution in [-0.2, 0) is 21.2 Å². The van der Waals surface area contributed by atoms with Gasteiger partial charge in [0, 0.05) is 6.07 Å². The second-order valence-corrected chi connectivity index (χ2v) is 10.6. The number of aryl methyl sites for hydroxylation is 3. The molecule has 7 nitrogen and oxygen atoms in total. The number of benzene rings is 3. The van der Waals surface area contributed by atoms with Gasteiger partial charge in [-0.15, -0.1) is 0 Å². The predicted molar refractivity (Wildman–Crippen MR) is 141 cm³/mol. The third-order valence-corrected chi connectivity index (χ3v) is 7.74. The van der Waals surface area contributed by atoms with Crippen LogP contribution in [-0.4, -0.2) is 34.6 Å². The van der Waals surface area contributed by atoms with Crippen LogP contribution >= 0.6 is 0 Å². The van der Waals surface area contributed by atoms with E-state index < -0.39 is 22.0 Å². The number of ether oxygens (including phenoxy) is 2. The zero-order chi connectivity index (χ0) is 26.5. The molecule has 0 aliphatic carbocycles. The quantitative estimate of drug-likeness (QED) is 0.422. The highest BCUT2D eigenvalue weighted by Gasteiger charge is 2.28. The van der Waals surface area contributed by atoms with Crippen LogP contribution < -0.4 is 19.5 Å². The lowest BCUT2D eigenvalue weighted by Gasteiger charge is -2.23. The van der Waals surface area contributed by atoms with Gasteiger partial charge in [-0.2, -0.15) is 4.72 Å². The average molecular weight is 511 g/mol. The molecule has 3 rings (SSSR count). The minimum atomic E-state index is -4.05. The Morgan fingerprint density at radius 2 is 1.50 bits per heavy atom. The number of amides is 1. The van der Waals surface area contributed by atoms with E-state index in [0.29, 0.717) is 5.75 Å². The van der Waals surface area contributed by atoms with E-state index in [0.717, 1.165) is 22.3 Å². The zero-order valence-electron chi connectivity index (χ0n) is 21.6. The smallest absolute Gasteiger partial charge is 0.241 e. The molecule has 0 aromatic heterocycles. The second kappa shape index (κ2) is 11.6. The molecular weight excluding hydrogens is 476 g/mol. The largest absolute Gasteiger partial charge is 0.493 e. The van der Waals surface area contributed by atoms with Crippen molar-refractivity contribution >= 4 is 15.9 Å². The molecule has 2 atom stereocenters. The van der Waals surface area contributed by atoms with Gasteiger partial charge in [0.25, 0.3) is 0 Å². The van der Waals surface area contributed by atoms with Crippen LogP contribution in [0, 0.1) is 20.8 Å². The highest BCUT2D eigenvalue weighted by molar-refractivity contribution is 7.89. The molecule has 0 aliphatic heterocycles. The van der Waals surface area contributed by atoms with Crippen LogP contribution in [0.2, 0.25) is 0 Å². The number of carbonyl (C=O) groups is 1. The molecule has 2 unspecified atom stereocenters. The zero-order valence-corrected chi connectivity index (χ0v) is 22.4. The molecule has 8 heteroatoms. The summed E-state index contributed by atoms with van der Waals surface area (Å²) >= 11 is 0. The Morgan fingerprint density at radius 3 is 2.14 bits per heavy atom. The van der Waals surface area contributed by atoms with Crippen LogP contribution in [0.15, 0.2) is 65.6 Å². The molecule has 0 aliphatic rings. The van der Waals surface area contributed by atoms with E-state index >= 15 is 0 Å². The Bertz CT molecular complexity index is 1320. The van der Waals surface area contributed by atoms with Gasteiger partial charge in [0.05, 0.1) is 25.2 Å². The number of hydrogen-bond donors (Lipinski definition) is 2. The molecule has 3 aromatic rings. The van der Waals surface area contributed by atoms with Crippen molar-refractivity contribution in [2.75, 3.05) is 14.2 Å². The van der Waals surface area contributed by atoms with Crippen molar-refractivity contribution in [3.63, 3.8) is 0 Å². The molecule has 0 saturated carbocycles. The summed E-state index contributed by atoms with van der Waals surface area (Å²) in [6, 6.07) is 16.4. The first-order chi connectivity index (χ1) is 17.1. The van der Waals surface area contributed by atoms with E-state index in [-0.39, 0.29) is 23.1 Å². The Kier molecular flexibility index (Phi) is 8.76. The van der Waals surface area contributed by atoms with Gasteiger partial charge in [-0.05, 0) is 74.1 Å². The fraction of sp³-hybridized carbons (Fsp3) is 0.321. The summed E-state index contributed by atoms with van der Waals surface area (Å²) in [4.78, 5) is 13.4. The van der Waals surface area contributed by atoms with Gasteiger partial charge in [-0.3, -0.25) is 4.79 Å². The fourth-order valence-electron chi connectivity index (χ4n) is 4.12. The van der Waals surface area contributed by atoms with Gasteiger partial charge < -0.3 is 14.8 Å². The molecule has 36 heavy (non-hydrogen) atoms. The Hall–Kier alpha value is -3.36. The summed E-state index contributed by atoms with van der Waals surface area (Å²) < 4.78 is 39.7. The molecule has 1 amide bonds. The highest BCUT2D eigenvalue weighted by Crippen LogP contribution is 2.29. The van der Waals surface area contributed by atoms with Crippen molar-refractivity contribution in [3.8, 4) is 11.5 Å². The lowest BCUT2D eigenvalue weighted by Crippen LogP contribution is -2.48. The standard InChI is InChI=1S/C28H34N2O5S/c1-18-14-20(3)24(15-19(18)2)21(4)29-28(31)25(16-22-10-8-7-9-11-22)30-36(32,33)23-12-13-26(34-5)27(17-23)35-6/h7-15,17,21,25,30H,16H2,1-6H3,(H,29,31). The number of carbonyl (C=O) groups excluding carboxylic acids is 1. The first kappa shape index (κ1) is 27.2. The summed E-state index contributed by atoms with van der Waals surface area (Å²) in [6.07, 6.45) is 0.192. The summed E-state index contributed by atoms with van der Waals surface area (Å²) in [7, 11) is -1.14. The number of rotatable bonds is 10. The molecular formula is C28H34N2O5S. The maximum atomic E-state index is 13.4. The Labute approximate surface area is 213 Å². The van der Waals surface area contributed by atoms with Gasteiger partial charge in [0.1, 0.15) is 6.04 Å². The summed E-state index contributed by atoms with van der Waals surface area (Å²) in [5, 5.41) is 3.01. The van der Waals surface area contributed by atoms with Crippen molar-refractivity contribution < 1.29 is 22.7 Å². The van der Waals surface area contributed by atoms with Crippen molar-refractivity contribution in [1.29, 1.82) is 0 Å². The molecule has 3 aromatic carbocycles. The van der Waals surface area contributed by atoms with Gasteiger partial charge in [0.15, 0.2) is 11.5 Å². The summed E-state index contributed by atoms with van der Waals surface area (Å²) in [5.74, 6) is 0.281. The normalized spacial score (nSPS) is 13.1. The molecule has 0 fully saturated rings. The summed E-state index contributed by atoms with van der Waals surface area (Å²) in [6.45, 7) is 7.99. The highest BCUT2D eigenvalue weighted by atomic mass is 32.2. The van der Waals surface area contributed by atoms with E-state index in [9.17, 15) is 13.2 Å². The predicted octanol–water partition coefficient (Wildman–Crippen LogP) is 4.40. The molecule has 0 saturated heterocycles. The Morgan fingerprint density at radius 1 is 0.861 bits per heavy atom. The van der Waals surface area contributed by atoms with Crippen LogP contribution in [0.4, 0.5) is 0 Å². The average Bonchev–Trinajstić information content (AvgIpc) is 2.85. The van der Waals surface area contributed by atoms with Crippen LogP contribution in [0.1, 0.15) is 40.8 Å². The van der Waals surface area contributed by atoms with Crippen molar-refractivity contribution in [3.05, 3.63) is 88.5 Å². The molecule has 0 radical (unpaired) electrons. The third-order valence-electron chi connectivity index (χ3n) is 6.27. The van der Waals surface area contributed by atoms with Crippen LogP contribution in [0.3, 0.4) is 0 Å². The van der Waals surface area contributed by atoms with E-state index in [1.807, 2.05) is 58.0 Å². The van der Waals surface area contributed by atoms with Gasteiger partial charge in [-0.1, -0.05) is 42.5 Å². The fourth-order valence-corrected chi connectivity index (χ4v) is 5.33. The molecule has 0 heterocycles. The molecule has 2 N–H and O–H groups in total. The minimum Gasteiger partial charge on any atom is -0.493 e. The maximum absolute atomic E-state index is 13.4. The van der Waals surface area contributed by atoms with Crippen molar-refractivity contribution in [2.45, 2.75) is 51.1 Å². The Balaban J connectivity index is 1.90. The lowest BCUT2D eigenvalue weighted by molar-refractivity contribution is -0.123. The monoisotopic (exact) mass is 510 g/mol. The van der Waals surface area contributed by atoms with E-state index in [2.05, 4.69) is 22.2 Å². The first-order valence-corrected chi connectivity index (χ1v) is 13.2. The van der Waals surface area contributed by atoms with Crippen molar-refractivity contribution in [2.24, 2.45) is 0 Å². The van der Waals surface area contributed by atoms with Crippen molar-refractivity contribution in [1.82, 2.24) is 10.0 Å². The summed E-state index contributed by atoms with van der Waals surface area (Å²) in [5.41, 5.74) is 5.21. The number of hydrogen-bond acceptors (Lipinski definition) is 5. The second-order valence-electron chi connectivity index (χ2n) is 8.90. The third kappa shape index (κ3) is 6.44. The molecule has 192 valence electrons. The topological polar surface area (TPSA) is 93.7 Å². The molecule has 0 spiro atoms. The van der Waals surface area contributed by atoms with Gasteiger partial charge in [0.2, 0.25) is 15.9 Å². The molecule has 0 bridgehead atoms. The maximum Gasteiger partial charge on any atom is 0.241 e. The number of nitrogens with one attached hydrogen (secondary N) is 2. The minimum absolute atomic E-state index is 0.0240. The lowest BCUT2D eigenvalue weighted by atomic mass is 9.96. The first-order valence-electron chi connectivity index (χ1n) is 11.7. The van der Waals surface area contributed by atoms with Crippen LogP contribution in [0.5, 0.6) is 11.5 Å². The van der Waals surface area contributed by atoms with Gasteiger partial charge >= 0.3 is 0 Å². The SMILES string of the molecule is COc1ccc(S(=O)(=O)NC(Cc2ccccc2)C(=O)NC(C)c2cc(C)c(C)cc2C)cc1OC. The van der Waals surface area contributed by atoms with Crippen LogP contribution in [0.25, 0.3) is 0 Å². The number of methoxy groups -OCH3 is 2. The van der Waals surface area contributed by atoms with E-state index in [4.69, 9.17) is 9.47 Å².